The second-order valence-electron chi connectivity index (χ2n) is 6.83. The van der Waals surface area contributed by atoms with Crippen LogP contribution in [0.3, 0.4) is 0 Å². The largest absolute Gasteiger partial charge is 0.314 e. The summed E-state index contributed by atoms with van der Waals surface area (Å²) in [7, 11) is 0. The van der Waals surface area contributed by atoms with Crippen molar-refractivity contribution in [2.45, 2.75) is 52.5 Å². The Morgan fingerprint density at radius 3 is 2.50 bits per heavy atom. The van der Waals surface area contributed by atoms with Crippen molar-refractivity contribution in [3.05, 3.63) is 34.9 Å². The van der Waals surface area contributed by atoms with E-state index in [4.69, 9.17) is 11.6 Å². The second kappa shape index (κ2) is 7.47. The van der Waals surface area contributed by atoms with Crippen molar-refractivity contribution in [3.63, 3.8) is 0 Å². The Morgan fingerprint density at radius 2 is 1.85 bits per heavy atom. The van der Waals surface area contributed by atoms with Gasteiger partial charge in [0.15, 0.2) is 0 Å². The molecule has 1 fully saturated rings. The van der Waals surface area contributed by atoms with Crippen molar-refractivity contribution in [2.75, 3.05) is 6.54 Å². The van der Waals surface area contributed by atoms with E-state index in [1.54, 1.807) is 0 Å². The van der Waals surface area contributed by atoms with Crippen molar-refractivity contribution >= 4 is 11.6 Å². The summed E-state index contributed by atoms with van der Waals surface area (Å²) in [6.45, 7) is 8.04. The van der Waals surface area contributed by atoms with Crippen LogP contribution >= 0.6 is 11.6 Å². The van der Waals surface area contributed by atoms with Crippen molar-refractivity contribution in [3.8, 4) is 0 Å². The third-order valence-electron chi connectivity index (χ3n) is 4.60. The summed E-state index contributed by atoms with van der Waals surface area (Å²) in [6.07, 6.45) is 5.33. The molecule has 3 unspecified atom stereocenters. The van der Waals surface area contributed by atoms with Crippen LogP contribution in [0.15, 0.2) is 24.3 Å². The zero-order chi connectivity index (χ0) is 14.5. The third kappa shape index (κ3) is 4.79. The minimum atomic E-state index is 0.588. The molecule has 2 heteroatoms. The Hall–Kier alpha value is -0.530. The molecule has 0 amide bonds. The standard InChI is InChI=1S/C18H28ClN/c1-13(2)20-12-16-7-4-14(3)10-17(16)11-15-5-8-18(19)9-6-15/h5-6,8-9,13-14,16-17,20H,4,7,10-12H2,1-3H3. The first-order valence-electron chi connectivity index (χ1n) is 8.02. The van der Waals surface area contributed by atoms with Crippen molar-refractivity contribution < 1.29 is 0 Å². The van der Waals surface area contributed by atoms with Crippen LogP contribution in [0.25, 0.3) is 0 Å². The SMILES string of the molecule is CC1CCC(CNC(C)C)C(Cc2ccc(Cl)cc2)C1. The summed E-state index contributed by atoms with van der Waals surface area (Å²) in [5.74, 6) is 2.51. The van der Waals surface area contributed by atoms with Gasteiger partial charge in [0, 0.05) is 11.1 Å². The summed E-state index contributed by atoms with van der Waals surface area (Å²) in [5, 5.41) is 4.47. The van der Waals surface area contributed by atoms with Crippen LogP contribution in [0.1, 0.15) is 45.6 Å². The lowest BCUT2D eigenvalue weighted by Gasteiger charge is -2.35. The van der Waals surface area contributed by atoms with Crippen molar-refractivity contribution in [1.82, 2.24) is 5.32 Å². The lowest BCUT2D eigenvalue weighted by molar-refractivity contribution is 0.181. The average molecular weight is 294 g/mol. The number of nitrogens with one attached hydrogen (secondary N) is 1. The zero-order valence-corrected chi connectivity index (χ0v) is 13.8. The number of rotatable bonds is 5. The Bertz CT molecular complexity index is 398. The Balaban J connectivity index is 1.98. The molecule has 0 aromatic heterocycles. The van der Waals surface area contributed by atoms with Crippen LogP contribution in [0.4, 0.5) is 0 Å². The molecule has 1 N–H and O–H groups in total. The smallest absolute Gasteiger partial charge is 0.0406 e. The summed E-state index contributed by atoms with van der Waals surface area (Å²) in [6, 6.07) is 9.00. The summed E-state index contributed by atoms with van der Waals surface area (Å²) >= 11 is 5.98. The quantitative estimate of drug-likeness (QED) is 0.811. The second-order valence-corrected chi connectivity index (χ2v) is 7.27. The van der Waals surface area contributed by atoms with Crippen LogP contribution in [-0.2, 0) is 6.42 Å². The number of hydrogen-bond acceptors (Lipinski definition) is 1. The minimum absolute atomic E-state index is 0.588. The Labute approximate surface area is 129 Å². The van der Waals surface area contributed by atoms with Gasteiger partial charge in [0.2, 0.25) is 0 Å². The molecule has 20 heavy (non-hydrogen) atoms. The molecule has 1 aromatic carbocycles. The molecule has 0 heterocycles. The van der Waals surface area contributed by atoms with Gasteiger partial charge >= 0.3 is 0 Å². The van der Waals surface area contributed by atoms with Crippen LogP contribution in [0.5, 0.6) is 0 Å². The number of benzene rings is 1. The maximum absolute atomic E-state index is 5.98. The van der Waals surface area contributed by atoms with E-state index in [1.165, 1.54) is 37.8 Å². The highest BCUT2D eigenvalue weighted by Crippen LogP contribution is 2.35. The van der Waals surface area contributed by atoms with Gasteiger partial charge in [-0.05, 0) is 61.3 Å². The molecule has 1 nitrogen and oxygen atoms in total. The van der Waals surface area contributed by atoms with Gasteiger partial charge in [0.05, 0.1) is 0 Å². The van der Waals surface area contributed by atoms with Gasteiger partial charge in [-0.15, -0.1) is 0 Å². The lowest BCUT2D eigenvalue weighted by Crippen LogP contribution is -2.36. The Kier molecular flexibility index (Phi) is 5.92. The number of halogens is 1. The molecule has 1 saturated carbocycles. The monoisotopic (exact) mass is 293 g/mol. The Morgan fingerprint density at radius 1 is 1.15 bits per heavy atom. The van der Waals surface area contributed by atoms with E-state index in [0.29, 0.717) is 6.04 Å². The van der Waals surface area contributed by atoms with E-state index in [1.807, 2.05) is 12.1 Å². The molecule has 0 spiro atoms. The zero-order valence-electron chi connectivity index (χ0n) is 13.0. The van der Waals surface area contributed by atoms with Gasteiger partial charge in [-0.1, -0.05) is 50.9 Å². The third-order valence-corrected chi connectivity index (χ3v) is 4.85. The molecular weight excluding hydrogens is 266 g/mol. The molecule has 1 aliphatic rings. The van der Waals surface area contributed by atoms with Gasteiger partial charge in [-0.25, -0.2) is 0 Å². The molecule has 1 aromatic rings. The van der Waals surface area contributed by atoms with Crippen LogP contribution in [-0.4, -0.2) is 12.6 Å². The van der Waals surface area contributed by atoms with E-state index in [0.717, 1.165) is 22.8 Å². The van der Waals surface area contributed by atoms with Crippen LogP contribution in [0.2, 0.25) is 5.02 Å². The number of hydrogen-bond donors (Lipinski definition) is 1. The van der Waals surface area contributed by atoms with Gasteiger partial charge in [0.1, 0.15) is 0 Å². The van der Waals surface area contributed by atoms with Gasteiger partial charge in [-0.2, -0.15) is 0 Å². The molecule has 0 aliphatic heterocycles. The van der Waals surface area contributed by atoms with Gasteiger partial charge in [-0.3, -0.25) is 0 Å². The van der Waals surface area contributed by atoms with E-state index < -0.39 is 0 Å². The minimum Gasteiger partial charge on any atom is -0.314 e. The van der Waals surface area contributed by atoms with Crippen LogP contribution in [0, 0.1) is 17.8 Å². The topological polar surface area (TPSA) is 12.0 Å². The van der Waals surface area contributed by atoms with E-state index in [-0.39, 0.29) is 0 Å². The van der Waals surface area contributed by atoms with Crippen LogP contribution < -0.4 is 5.32 Å². The predicted octanol–water partition coefficient (Wildman–Crippen LogP) is 4.93. The molecular formula is C18H28ClN. The molecule has 0 saturated heterocycles. The first kappa shape index (κ1) is 15.9. The van der Waals surface area contributed by atoms with E-state index in [2.05, 4.69) is 38.2 Å². The highest BCUT2D eigenvalue weighted by Gasteiger charge is 2.28. The summed E-state index contributed by atoms with van der Waals surface area (Å²) in [4.78, 5) is 0. The fraction of sp³-hybridized carbons (Fsp3) is 0.667. The van der Waals surface area contributed by atoms with Gasteiger partial charge in [0.25, 0.3) is 0 Å². The molecule has 0 radical (unpaired) electrons. The fourth-order valence-corrected chi connectivity index (χ4v) is 3.52. The predicted molar refractivity (Wildman–Crippen MR) is 88.3 cm³/mol. The molecule has 1 aliphatic carbocycles. The highest BCUT2D eigenvalue weighted by molar-refractivity contribution is 6.30. The lowest BCUT2D eigenvalue weighted by atomic mass is 9.72. The summed E-state index contributed by atoms with van der Waals surface area (Å²) < 4.78 is 0. The van der Waals surface area contributed by atoms with Gasteiger partial charge < -0.3 is 5.32 Å². The molecule has 0 bridgehead atoms. The first-order valence-corrected chi connectivity index (χ1v) is 8.40. The highest BCUT2D eigenvalue weighted by atomic mass is 35.5. The average Bonchev–Trinajstić information content (AvgIpc) is 2.40. The first-order chi connectivity index (χ1) is 9.54. The maximum atomic E-state index is 5.98. The van der Waals surface area contributed by atoms with Crippen molar-refractivity contribution in [1.29, 1.82) is 0 Å². The van der Waals surface area contributed by atoms with Crippen molar-refractivity contribution in [2.24, 2.45) is 17.8 Å². The normalized spacial score (nSPS) is 26.9. The summed E-state index contributed by atoms with van der Waals surface area (Å²) in [5.41, 5.74) is 1.43. The van der Waals surface area contributed by atoms with E-state index in [9.17, 15) is 0 Å². The molecule has 3 atom stereocenters. The molecule has 2 rings (SSSR count). The fourth-order valence-electron chi connectivity index (χ4n) is 3.39. The molecule has 112 valence electrons. The maximum Gasteiger partial charge on any atom is 0.0406 e. The van der Waals surface area contributed by atoms with E-state index >= 15 is 0 Å².